The molecule has 4 amide bonds. The second-order valence-corrected chi connectivity index (χ2v) is 10.1. The molecule has 3 atom stereocenters. The van der Waals surface area contributed by atoms with Crippen molar-refractivity contribution in [1.29, 1.82) is 0 Å². The molecule has 0 radical (unpaired) electrons. The lowest BCUT2D eigenvalue weighted by Gasteiger charge is -2.36. The first-order valence-corrected chi connectivity index (χ1v) is 12.9. The Bertz CT molecular complexity index is 1700. The lowest BCUT2D eigenvalue weighted by molar-refractivity contribution is -0.140. The number of aromatic amines is 1. The summed E-state index contributed by atoms with van der Waals surface area (Å²) in [4.78, 5) is 58.5. The van der Waals surface area contributed by atoms with E-state index in [4.69, 9.17) is 11.6 Å². The van der Waals surface area contributed by atoms with Crippen LogP contribution in [0.5, 0.6) is 0 Å². The number of H-pyrrole nitrogens is 1. The predicted molar refractivity (Wildman–Crippen MR) is 146 cm³/mol. The first-order chi connectivity index (χ1) is 19.3. The molecule has 0 aliphatic carbocycles. The van der Waals surface area contributed by atoms with Gasteiger partial charge in [0, 0.05) is 28.0 Å². The van der Waals surface area contributed by atoms with Crippen LogP contribution < -0.4 is 10.2 Å². The van der Waals surface area contributed by atoms with Gasteiger partial charge in [-0.05, 0) is 41.5 Å². The Morgan fingerprint density at radius 1 is 1.05 bits per heavy atom. The molecule has 2 aliphatic rings. The number of imide groups is 1. The summed E-state index contributed by atoms with van der Waals surface area (Å²) < 4.78 is 0. The second kappa shape index (κ2) is 9.82. The van der Waals surface area contributed by atoms with E-state index in [1.807, 2.05) is 30.3 Å². The number of aliphatic hydroxyl groups excluding tert-OH is 1. The highest BCUT2D eigenvalue weighted by Gasteiger charge is 2.53. The molecule has 11 heteroatoms. The highest BCUT2D eigenvalue weighted by molar-refractivity contribution is 6.30. The molecule has 40 heavy (non-hydrogen) atoms. The van der Waals surface area contributed by atoms with Crippen LogP contribution in [0.25, 0.3) is 10.9 Å². The summed E-state index contributed by atoms with van der Waals surface area (Å²) in [6, 6.07) is 17.1. The molecule has 202 valence electrons. The van der Waals surface area contributed by atoms with Gasteiger partial charge in [0.05, 0.1) is 17.9 Å². The largest absolute Gasteiger partial charge is 0.480 e. The summed E-state index contributed by atoms with van der Waals surface area (Å²) >= 11 is 6.34. The summed E-state index contributed by atoms with van der Waals surface area (Å²) in [7, 11) is 0. The highest BCUT2D eigenvalue weighted by atomic mass is 35.5. The van der Waals surface area contributed by atoms with Crippen LogP contribution in [0, 0.1) is 0 Å². The monoisotopic (exact) mass is 558 g/mol. The van der Waals surface area contributed by atoms with E-state index in [9.17, 15) is 29.4 Å². The van der Waals surface area contributed by atoms with Crippen molar-refractivity contribution in [1.82, 2.24) is 15.2 Å². The van der Waals surface area contributed by atoms with Gasteiger partial charge in [0.15, 0.2) is 6.04 Å². The molecule has 4 aromatic rings. The minimum atomic E-state index is -1.55. The fraction of sp³-hybridized carbons (Fsp3) is 0.172. The Morgan fingerprint density at radius 3 is 2.55 bits per heavy atom. The molecule has 2 aliphatic heterocycles. The lowest BCUT2D eigenvalue weighted by atomic mass is 9.89. The van der Waals surface area contributed by atoms with Crippen LogP contribution in [-0.2, 0) is 16.0 Å². The molecule has 0 bridgehead atoms. The molecule has 3 heterocycles. The fourth-order valence-electron chi connectivity index (χ4n) is 5.60. The number of urea groups is 1. The number of aliphatic carboxylic acids is 1. The Balaban J connectivity index is 1.46. The molecule has 1 aromatic heterocycles. The van der Waals surface area contributed by atoms with Gasteiger partial charge in [-0.1, -0.05) is 54.1 Å². The normalized spacial score (nSPS) is 18.9. The van der Waals surface area contributed by atoms with Gasteiger partial charge in [-0.15, -0.1) is 0 Å². The SMILES string of the molecule is O=C(N[C@@H](CO)C(=O)O)c1ccccc1N1C(=O)[C@@H]2Cc3c([nH]c4ccccc34)[C@H](c3cccc(Cl)c3)N2C1=O. The zero-order valence-electron chi connectivity index (χ0n) is 20.9. The molecule has 10 nitrogen and oxygen atoms in total. The molecule has 0 saturated carbocycles. The second-order valence-electron chi connectivity index (χ2n) is 9.67. The van der Waals surface area contributed by atoms with Gasteiger partial charge >= 0.3 is 12.0 Å². The number of halogens is 1. The molecule has 0 spiro atoms. The first kappa shape index (κ1) is 25.6. The summed E-state index contributed by atoms with van der Waals surface area (Å²) in [6.45, 7) is -0.826. The average molecular weight is 559 g/mol. The summed E-state index contributed by atoms with van der Waals surface area (Å²) in [5.41, 5.74) is 3.24. The number of hydrogen-bond acceptors (Lipinski definition) is 5. The minimum absolute atomic E-state index is 0.0184. The third kappa shape index (κ3) is 4.00. The van der Waals surface area contributed by atoms with E-state index in [1.54, 1.807) is 24.3 Å². The summed E-state index contributed by atoms with van der Waals surface area (Å²) in [6.07, 6.45) is 0.261. The molecular weight excluding hydrogens is 536 g/mol. The van der Waals surface area contributed by atoms with E-state index in [1.165, 1.54) is 23.1 Å². The Morgan fingerprint density at radius 2 is 1.80 bits per heavy atom. The fourth-order valence-corrected chi connectivity index (χ4v) is 5.80. The number of carbonyl (C=O) groups excluding carboxylic acids is 3. The number of carboxylic acids is 1. The van der Waals surface area contributed by atoms with Crippen molar-refractivity contribution >= 4 is 52.0 Å². The van der Waals surface area contributed by atoms with Gasteiger partial charge < -0.3 is 20.5 Å². The number of amides is 4. The van der Waals surface area contributed by atoms with Crippen molar-refractivity contribution in [2.45, 2.75) is 24.5 Å². The number of fused-ring (bicyclic) bond motifs is 4. The maximum absolute atomic E-state index is 14.1. The standard InChI is InChI=1S/C29H23ClN4O6/c30-16-7-5-6-15(12-16)25-24-19(17-8-1-3-10-20(17)31-24)13-23-27(37)34(29(40)33(23)25)22-11-4-2-9-18(22)26(36)32-21(14-35)28(38)39/h1-12,21,23,25,31,35H,13-14H2,(H,32,36)(H,38,39)/t21-,23-,25-/m0/s1. The van der Waals surface area contributed by atoms with Gasteiger partial charge in [0.2, 0.25) is 0 Å². The molecule has 3 aromatic carbocycles. The Labute approximate surface area is 232 Å². The van der Waals surface area contributed by atoms with E-state index < -0.39 is 48.5 Å². The van der Waals surface area contributed by atoms with E-state index in [2.05, 4.69) is 10.3 Å². The third-order valence-electron chi connectivity index (χ3n) is 7.39. The van der Waals surface area contributed by atoms with E-state index >= 15 is 0 Å². The van der Waals surface area contributed by atoms with Crippen LogP contribution in [0.3, 0.4) is 0 Å². The lowest BCUT2D eigenvalue weighted by Crippen LogP contribution is -2.44. The number of carbonyl (C=O) groups is 4. The smallest absolute Gasteiger partial charge is 0.332 e. The molecular formula is C29H23ClN4O6. The number of carboxylic acid groups (broad SMARTS) is 1. The molecule has 6 rings (SSSR count). The quantitative estimate of drug-likeness (QED) is 0.267. The number of nitrogens with zero attached hydrogens (tertiary/aromatic N) is 2. The first-order valence-electron chi connectivity index (χ1n) is 12.5. The molecule has 4 N–H and O–H groups in total. The number of hydrogen-bond donors (Lipinski definition) is 4. The number of rotatable bonds is 6. The number of nitrogens with one attached hydrogen (secondary N) is 2. The number of anilines is 1. The van der Waals surface area contributed by atoms with E-state index in [-0.39, 0.29) is 17.7 Å². The van der Waals surface area contributed by atoms with Crippen molar-refractivity contribution in [3.63, 3.8) is 0 Å². The van der Waals surface area contributed by atoms with Crippen molar-refractivity contribution in [3.8, 4) is 0 Å². The van der Waals surface area contributed by atoms with Gasteiger partial charge in [0.1, 0.15) is 12.1 Å². The summed E-state index contributed by atoms with van der Waals surface area (Å²) in [5, 5.41) is 22.3. The third-order valence-corrected chi connectivity index (χ3v) is 7.62. The summed E-state index contributed by atoms with van der Waals surface area (Å²) in [5.74, 6) is -2.77. The average Bonchev–Trinajstić information content (AvgIpc) is 3.44. The van der Waals surface area contributed by atoms with Crippen molar-refractivity contribution in [2.24, 2.45) is 0 Å². The zero-order valence-corrected chi connectivity index (χ0v) is 21.6. The van der Waals surface area contributed by atoms with Gasteiger partial charge in [0.25, 0.3) is 11.8 Å². The van der Waals surface area contributed by atoms with Crippen LogP contribution in [-0.4, -0.2) is 62.6 Å². The van der Waals surface area contributed by atoms with Crippen molar-refractivity contribution in [2.75, 3.05) is 11.5 Å². The van der Waals surface area contributed by atoms with E-state index in [0.29, 0.717) is 10.6 Å². The van der Waals surface area contributed by atoms with Crippen molar-refractivity contribution in [3.05, 3.63) is 100 Å². The molecule has 0 unspecified atom stereocenters. The van der Waals surface area contributed by atoms with Crippen LogP contribution in [0.4, 0.5) is 10.5 Å². The highest BCUT2D eigenvalue weighted by Crippen LogP contribution is 2.45. The molecule has 1 saturated heterocycles. The maximum atomic E-state index is 14.1. The zero-order chi connectivity index (χ0) is 28.1. The molecule has 1 fully saturated rings. The Hall–Kier alpha value is -4.67. The topological polar surface area (TPSA) is 143 Å². The van der Waals surface area contributed by atoms with Crippen LogP contribution in [0.15, 0.2) is 72.8 Å². The predicted octanol–water partition coefficient (Wildman–Crippen LogP) is 3.48. The number of aliphatic hydroxyl groups is 1. The number of aromatic nitrogens is 1. The van der Waals surface area contributed by atoms with Gasteiger partial charge in [-0.3, -0.25) is 14.5 Å². The van der Waals surface area contributed by atoms with Crippen LogP contribution >= 0.6 is 11.6 Å². The van der Waals surface area contributed by atoms with Gasteiger partial charge in [-0.2, -0.15) is 0 Å². The number of para-hydroxylation sites is 2. The van der Waals surface area contributed by atoms with Crippen LogP contribution in [0.2, 0.25) is 5.02 Å². The van der Waals surface area contributed by atoms with Gasteiger partial charge in [-0.25, -0.2) is 14.5 Å². The maximum Gasteiger partial charge on any atom is 0.332 e. The van der Waals surface area contributed by atoms with E-state index in [0.717, 1.165) is 27.1 Å². The van der Waals surface area contributed by atoms with Crippen molar-refractivity contribution < 1.29 is 29.4 Å². The van der Waals surface area contributed by atoms with Crippen LogP contribution in [0.1, 0.15) is 33.2 Å². The Kier molecular flexibility index (Phi) is 6.28. The minimum Gasteiger partial charge on any atom is -0.480 e. The number of benzene rings is 3.